The summed E-state index contributed by atoms with van der Waals surface area (Å²) in [5.74, 6) is 0. The summed E-state index contributed by atoms with van der Waals surface area (Å²) in [5, 5.41) is 0. The van der Waals surface area contributed by atoms with E-state index in [9.17, 15) is 0 Å². The van der Waals surface area contributed by atoms with Gasteiger partial charge in [-0.15, -0.1) is 0 Å². The fourth-order valence-electron chi connectivity index (χ4n) is 10.5. The van der Waals surface area contributed by atoms with Crippen molar-refractivity contribution in [2.24, 2.45) is 0 Å². The highest BCUT2D eigenvalue weighted by Crippen LogP contribution is 2.18. The van der Waals surface area contributed by atoms with Crippen molar-refractivity contribution < 1.29 is 68.0 Å². The summed E-state index contributed by atoms with van der Waals surface area (Å²) in [4.78, 5) is 1.42. The van der Waals surface area contributed by atoms with Crippen molar-refractivity contribution >= 4 is 0 Å². The van der Waals surface area contributed by atoms with E-state index in [1.807, 2.05) is 0 Å². The van der Waals surface area contributed by atoms with E-state index < -0.39 is 0 Å². The normalized spacial score (nSPS) is 11.2. The zero-order valence-corrected chi connectivity index (χ0v) is 60.3. The SMILES string of the molecule is CCCCCCCCCCCCCCCCCC[N+](C)(C)C.CCCCCCCCCCCCCCCCCC[N+](C)(C)CC.CCCCCCCCCCCCCCCCCC[N+](CC)(CC)CC.C[NH+](C)C.[Cl-].[Cl-].[Cl-].[Cl-]. The van der Waals surface area contributed by atoms with Crippen molar-refractivity contribution in [1.82, 2.24) is 0 Å². The number of nitrogens with one attached hydrogen (secondary N) is 1. The Kier molecular flexibility index (Phi) is 95.3. The summed E-state index contributed by atoms with van der Waals surface area (Å²) < 4.78 is 3.65. The van der Waals surface area contributed by atoms with Crippen LogP contribution in [0.4, 0.5) is 0 Å². The lowest BCUT2D eigenvalue weighted by Gasteiger charge is -2.35. The molecule has 0 rings (SSSR count). The van der Waals surface area contributed by atoms with E-state index in [2.05, 4.69) is 105 Å². The van der Waals surface area contributed by atoms with Crippen LogP contribution in [0, 0.1) is 0 Å². The first-order valence-corrected chi connectivity index (χ1v) is 34.9. The molecule has 4 nitrogen and oxygen atoms in total. The van der Waals surface area contributed by atoms with Crippen LogP contribution in [0.25, 0.3) is 0 Å². The van der Waals surface area contributed by atoms with Crippen molar-refractivity contribution in [2.45, 2.75) is 357 Å². The minimum absolute atomic E-state index is 0. The monoisotopic (exact) mass is 1190 g/mol. The third-order valence-corrected chi connectivity index (χ3v) is 16.7. The molecule has 78 heavy (non-hydrogen) atoms. The summed E-state index contributed by atoms with van der Waals surface area (Å²) in [7, 11) is 17.8. The van der Waals surface area contributed by atoms with Gasteiger partial charge in [0.25, 0.3) is 0 Å². The van der Waals surface area contributed by atoms with Crippen LogP contribution in [-0.4, -0.2) is 116 Å². The molecule has 0 heterocycles. The molecule has 1 N–H and O–H groups in total. The van der Waals surface area contributed by atoms with Crippen LogP contribution >= 0.6 is 0 Å². The molecule has 0 aromatic heterocycles. The molecular weight excluding hydrogens is 1040 g/mol. The maximum absolute atomic E-state index is 2.36. The first-order valence-electron chi connectivity index (χ1n) is 34.9. The number of nitrogens with zero attached hydrogens (tertiary/aromatic N) is 3. The summed E-state index contributed by atoms with van der Waals surface area (Å²) in [6.45, 7) is 25.6. The van der Waals surface area contributed by atoms with E-state index >= 15 is 0 Å². The van der Waals surface area contributed by atoms with Crippen LogP contribution in [0.3, 0.4) is 0 Å². The lowest BCUT2D eigenvalue weighted by atomic mass is 10.0. The highest BCUT2D eigenvalue weighted by Gasteiger charge is 2.19. The predicted octanol–water partition coefficient (Wildman–Crippen LogP) is 9.20. The van der Waals surface area contributed by atoms with Crippen LogP contribution < -0.4 is 54.5 Å². The highest BCUT2D eigenvalue weighted by atomic mass is 35.5. The van der Waals surface area contributed by atoms with Gasteiger partial charge in [-0.1, -0.05) is 290 Å². The Morgan fingerprint density at radius 2 is 0.359 bits per heavy atom. The molecule has 0 spiro atoms. The van der Waals surface area contributed by atoms with Gasteiger partial charge in [0.1, 0.15) is 0 Å². The van der Waals surface area contributed by atoms with Gasteiger partial charge in [0.15, 0.2) is 0 Å². The molecule has 0 aliphatic heterocycles. The van der Waals surface area contributed by atoms with Crippen LogP contribution in [0.1, 0.15) is 357 Å². The minimum Gasteiger partial charge on any atom is -1.00 e. The second-order valence-corrected chi connectivity index (χ2v) is 26.4. The Morgan fingerprint density at radius 3 is 0.513 bits per heavy atom. The van der Waals surface area contributed by atoms with E-state index in [-0.39, 0.29) is 49.6 Å². The highest BCUT2D eigenvalue weighted by molar-refractivity contribution is 4.54. The molecule has 0 aliphatic carbocycles. The molecule has 484 valence electrons. The molecule has 0 atom stereocenters. The molecule has 0 aromatic rings. The molecule has 0 unspecified atom stereocenters. The van der Waals surface area contributed by atoms with Crippen molar-refractivity contribution in [3.63, 3.8) is 0 Å². The van der Waals surface area contributed by atoms with Gasteiger partial charge in [0.05, 0.1) is 102 Å². The lowest BCUT2D eigenvalue weighted by molar-refractivity contribution is -0.923. The molecule has 0 aromatic carbocycles. The molecular formula is C70H156Cl4N4. The van der Waals surface area contributed by atoms with Crippen molar-refractivity contribution in [3.05, 3.63) is 0 Å². The van der Waals surface area contributed by atoms with Crippen molar-refractivity contribution in [1.29, 1.82) is 0 Å². The third-order valence-electron chi connectivity index (χ3n) is 16.7. The average molecular weight is 1200 g/mol. The van der Waals surface area contributed by atoms with Crippen LogP contribution in [0.15, 0.2) is 0 Å². The van der Waals surface area contributed by atoms with E-state index in [1.165, 1.54) is 368 Å². The molecule has 8 heteroatoms. The number of hydrogen-bond acceptors (Lipinski definition) is 0. The second kappa shape index (κ2) is 78.0. The Morgan fingerprint density at radius 1 is 0.205 bits per heavy atom. The Labute approximate surface area is 523 Å². The fourth-order valence-corrected chi connectivity index (χ4v) is 10.5. The Balaban J connectivity index is -0.000000148. The number of quaternary nitrogens is 4. The zero-order chi connectivity index (χ0) is 56.0. The van der Waals surface area contributed by atoms with Crippen LogP contribution in [0.5, 0.6) is 0 Å². The number of rotatable bonds is 55. The molecule has 0 radical (unpaired) electrons. The maximum Gasteiger partial charge on any atom is 0.0786 e. The minimum atomic E-state index is 0. The number of unbranched alkanes of at least 4 members (excludes halogenated alkanes) is 45. The van der Waals surface area contributed by atoms with E-state index in [1.54, 1.807) is 0 Å². The predicted molar refractivity (Wildman–Crippen MR) is 345 cm³/mol. The summed E-state index contributed by atoms with van der Waals surface area (Å²) >= 11 is 0. The van der Waals surface area contributed by atoms with Gasteiger partial charge in [-0.05, 0) is 66.2 Å². The standard InChI is InChI=1S/C24H52N.C22H48N.C21H46N.C3H9N.4ClH/c1-5-9-10-11-12-13-14-15-16-17-18-19-20-21-22-23-24-25(6-2,7-3)8-4;1-5-7-8-9-10-11-12-13-14-15-16-17-18-19-20-21-22-23(3,4)6-2;1-5-6-7-8-9-10-11-12-13-14-15-16-17-18-19-20-21-22(2,3)4;1-4(2)3;;;;/h5-24H2,1-4H3;5-22H2,1-4H3;5-21H2,1-4H3;1-3H3;4*1H/q3*+1;;;;;/p-3. The van der Waals surface area contributed by atoms with Crippen LogP contribution in [-0.2, 0) is 0 Å². The number of halogens is 4. The van der Waals surface area contributed by atoms with Gasteiger partial charge in [-0.2, -0.15) is 0 Å². The maximum atomic E-state index is 2.36. The average Bonchev–Trinajstić information content (AvgIpc) is 3.37. The largest absolute Gasteiger partial charge is 1.00 e. The van der Waals surface area contributed by atoms with Gasteiger partial charge in [0.2, 0.25) is 0 Å². The molecule has 0 amide bonds. The van der Waals surface area contributed by atoms with E-state index in [4.69, 9.17) is 0 Å². The first-order chi connectivity index (χ1) is 35.7. The van der Waals surface area contributed by atoms with Gasteiger partial charge in [-0.3, -0.25) is 0 Å². The van der Waals surface area contributed by atoms with E-state index in [0.29, 0.717) is 0 Å². The topological polar surface area (TPSA) is 4.44 Å². The first kappa shape index (κ1) is 95.3. The summed E-state index contributed by atoms with van der Waals surface area (Å²) in [5.41, 5.74) is 0. The molecule has 0 bridgehead atoms. The van der Waals surface area contributed by atoms with E-state index in [0.717, 1.165) is 4.48 Å². The molecule has 0 fully saturated rings. The van der Waals surface area contributed by atoms with Gasteiger partial charge in [-0.25, -0.2) is 0 Å². The third kappa shape index (κ3) is 90.8. The zero-order valence-electron chi connectivity index (χ0n) is 57.2. The molecule has 0 saturated carbocycles. The smallest absolute Gasteiger partial charge is 0.0786 e. The van der Waals surface area contributed by atoms with Crippen LogP contribution in [0.2, 0.25) is 0 Å². The summed E-state index contributed by atoms with van der Waals surface area (Å²) in [6.07, 6.45) is 70.2. The fraction of sp³-hybridized carbons (Fsp3) is 1.00. The molecule has 0 aliphatic rings. The Hall–Kier alpha value is 1.00. The second-order valence-electron chi connectivity index (χ2n) is 26.4. The number of hydrogen-bond donors (Lipinski definition) is 1. The summed E-state index contributed by atoms with van der Waals surface area (Å²) in [6, 6.07) is 0. The van der Waals surface area contributed by atoms with Gasteiger partial charge in [0, 0.05) is 0 Å². The molecule has 0 saturated heterocycles. The van der Waals surface area contributed by atoms with Gasteiger partial charge >= 0.3 is 0 Å². The van der Waals surface area contributed by atoms with Crippen molar-refractivity contribution in [3.8, 4) is 0 Å². The quantitative estimate of drug-likeness (QED) is 0.0458. The van der Waals surface area contributed by atoms with Crippen molar-refractivity contribution in [2.75, 3.05) is 102 Å². The van der Waals surface area contributed by atoms with Gasteiger partial charge < -0.3 is 68.0 Å². The Bertz CT molecular complexity index is 962. The lowest BCUT2D eigenvalue weighted by Crippen LogP contribution is -3.02.